The van der Waals surface area contributed by atoms with E-state index < -0.39 is 0 Å². The highest BCUT2D eigenvalue weighted by molar-refractivity contribution is 5.92. The van der Waals surface area contributed by atoms with Crippen molar-refractivity contribution < 1.29 is 14.3 Å². The van der Waals surface area contributed by atoms with Gasteiger partial charge in [-0.1, -0.05) is 6.07 Å². The molecule has 0 spiro atoms. The molecule has 5 heteroatoms. The number of aromatic nitrogens is 1. The van der Waals surface area contributed by atoms with Crippen molar-refractivity contribution in [3.05, 3.63) is 47.8 Å². The summed E-state index contributed by atoms with van der Waals surface area (Å²) in [5.74, 6) is 1.61. The number of nitrogens with one attached hydrogen (secondary N) is 1. The van der Waals surface area contributed by atoms with Crippen molar-refractivity contribution in [2.75, 3.05) is 20.8 Å². The van der Waals surface area contributed by atoms with Crippen molar-refractivity contribution in [1.29, 1.82) is 0 Å². The molecule has 1 aliphatic heterocycles. The minimum absolute atomic E-state index is 0.113. The smallest absolute Gasteiger partial charge is 0.270 e. The van der Waals surface area contributed by atoms with E-state index in [9.17, 15) is 4.79 Å². The number of carbonyl (C=O) groups excluding carboxylic acids is 1. The van der Waals surface area contributed by atoms with Gasteiger partial charge in [-0.3, -0.25) is 4.79 Å². The minimum atomic E-state index is 0.113. The Kier molecular flexibility index (Phi) is 5.64. The summed E-state index contributed by atoms with van der Waals surface area (Å²) >= 11 is 0. The quantitative estimate of drug-likeness (QED) is 0.872. The summed E-state index contributed by atoms with van der Waals surface area (Å²) in [5.41, 5.74) is 1.88. The third-order valence-electron chi connectivity index (χ3n) is 4.93. The number of H-pyrrole nitrogens is 1. The summed E-state index contributed by atoms with van der Waals surface area (Å²) in [4.78, 5) is 17.8. The van der Waals surface area contributed by atoms with E-state index in [1.165, 1.54) is 12.0 Å². The molecule has 134 valence electrons. The number of amides is 1. The highest BCUT2D eigenvalue weighted by Crippen LogP contribution is 2.29. The van der Waals surface area contributed by atoms with E-state index >= 15 is 0 Å². The van der Waals surface area contributed by atoms with Gasteiger partial charge in [0.15, 0.2) is 11.5 Å². The van der Waals surface area contributed by atoms with Crippen LogP contribution in [0.1, 0.15) is 41.7 Å². The van der Waals surface area contributed by atoms with Gasteiger partial charge in [0.1, 0.15) is 5.69 Å². The van der Waals surface area contributed by atoms with Gasteiger partial charge in [-0.15, -0.1) is 0 Å². The molecular formula is C20H26N2O3. The molecule has 1 saturated heterocycles. The van der Waals surface area contributed by atoms with Crippen LogP contribution in [0.5, 0.6) is 11.5 Å². The third kappa shape index (κ3) is 3.98. The second-order valence-electron chi connectivity index (χ2n) is 6.46. The first-order valence-corrected chi connectivity index (χ1v) is 8.88. The van der Waals surface area contributed by atoms with E-state index in [2.05, 4.69) is 11.1 Å². The monoisotopic (exact) mass is 342 g/mol. The van der Waals surface area contributed by atoms with Crippen LogP contribution >= 0.6 is 0 Å². The van der Waals surface area contributed by atoms with Crippen LogP contribution in [0.2, 0.25) is 0 Å². The zero-order valence-corrected chi connectivity index (χ0v) is 15.0. The second-order valence-corrected chi connectivity index (χ2v) is 6.46. The molecule has 2 heterocycles. The molecule has 0 unspecified atom stereocenters. The number of rotatable bonds is 6. The Morgan fingerprint density at radius 2 is 2.04 bits per heavy atom. The summed E-state index contributed by atoms with van der Waals surface area (Å²) < 4.78 is 10.7. The molecule has 0 bridgehead atoms. The van der Waals surface area contributed by atoms with Gasteiger partial charge in [-0.25, -0.2) is 0 Å². The molecule has 1 aromatic carbocycles. The number of likely N-dealkylation sites (tertiary alicyclic amines) is 1. The zero-order valence-electron chi connectivity index (χ0n) is 15.0. The lowest BCUT2D eigenvalue weighted by molar-refractivity contribution is 0.0596. The lowest BCUT2D eigenvalue weighted by Gasteiger charge is -2.35. The highest BCUT2D eigenvalue weighted by Gasteiger charge is 2.27. The fourth-order valence-corrected chi connectivity index (χ4v) is 3.56. The van der Waals surface area contributed by atoms with Gasteiger partial charge in [0, 0.05) is 18.8 Å². The standard InChI is InChI=1S/C20H26N2O3/c1-24-18-11-9-15(14-19(18)25-2)8-10-16-6-3-4-13-22(16)20(23)17-7-5-12-21-17/h5,7,9,11-12,14,16,21H,3-4,6,8,10,13H2,1-2H3/t16-/m1/s1. The summed E-state index contributed by atoms with van der Waals surface area (Å²) in [6.07, 6.45) is 7.02. The van der Waals surface area contributed by atoms with Gasteiger partial charge in [-0.2, -0.15) is 0 Å². The maximum absolute atomic E-state index is 12.7. The maximum atomic E-state index is 12.7. The van der Waals surface area contributed by atoms with Gasteiger partial charge >= 0.3 is 0 Å². The summed E-state index contributed by atoms with van der Waals surface area (Å²) in [7, 11) is 3.29. The van der Waals surface area contributed by atoms with Crippen molar-refractivity contribution in [2.24, 2.45) is 0 Å². The molecular weight excluding hydrogens is 316 g/mol. The van der Waals surface area contributed by atoms with Crippen LogP contribution in [0.15, 0.2) is 36.5 Å². The van der Waals surface area contributed by atoms with Crippen LogP contribution in [0.3, 0.4) is 0 Å². The molecule has 1 aromatic heterocycles. The molecule has 3 rings (SSSR count). The third-order valence-corrected chi connectivity index (χ3v) is 4.93. The number of ether oxygens (including phenoxy) is 2. The van der Waals surface area contributed by atoms with Crippen LogP contribution in [0.25, 0.3) is 0 Å². The van der Waals surface area contributed by atoms with Crippen molar-refractivity contribution >= 4 is 5.91 Å². The van der Waals surface area contributed by atoms with Crippen LogP contribution < -0.4 is 9.47 Å². The van der Waals surface area contributed by atoms with Crippen LogP contribution in [0, 0.1) is 0 Å². The summed E-state index contributed by atoms with van der Waals surface area (Å²) in [6.45, 7) is 0.842. The number of hydrogen-bond donors (Lipinski definition) is 1. The number of piperidine rings is 1. The van der Waals surface area contributed by atoms with E-state index in [0.717, 1.165) is 43.7 Å². The maximum Gasteiger partial charge on any atom is 0.270 e. The molecule has 0 radical (unpaired) electrons. The number of nitrogens with zero attached hydrogens (tertiary/aromatic N) is 1. The molecule has 1 fully saturated rings. The average molecular weight is 342 g/mol. The first kappa shape index (κ1) is 17.4. The average Bonchev–Trinajstić information content (AvgIpc) is 3.20. The molecule has 1 aliphatic rings. The number of aromatic amines is 1. The normalized spacial score (nSPS) is 17.4. The largest absolute Gasteiger partial charge is 0.493 e. The van der Waals surface area contributed by atoms with E-state index in [1.807, 2.05) is 29.2 Å². The predicted molar refractivity (Wildman–Crippen MR) is 97.3 cm³/mol. The summed E-state index contributed by atoms with van der Waals surface area (Å²) in [5, 5.41) is 0. The van der Waals surface area contributed by atoms with Crippen LogP contribution in [-0.4, -0.2) is 42.6 Å². The number of benzene rings is 1. The SMILES string of the molecule is COc1ccc(CC[C@H]2CCCCN2C(=O)c2ccc[nH]2)cc1OC. The van der Waals surface area contributed by atoms with E-state index in [0.29, 0.717) is 5.69 Å². The lowest BCUT2D eigenvalue weighted by Crippen LogP contribution is -2.44. The van der Waals surface area contributed by atoms with Gasteiger partial charge < -0.3 is 19.4 Å². The van der Waals surface area contributed by atoms with E-state index in [4.69, 9.17) is 9.47 Å². The molecule has 1 N–H and O–H groups in total. The fourth-order valence-electron chi connectivity index (χ4n) is 3.56. The number of methoxy groups -OCH3 is 2. The Labute approximate surface area is 148 Å². The Bertz CT molecular complexity index is 697. The van der Waals surface area contributed by atoms with Gasteiger partial charge in [0.05, 0.1) is 14.2 Å². The van der Waals surface area contributed by atoms with Crippen molar-refractivity contribution in [3.8, 4) is 11.5 Å². The van der Waals surface area contributed by atoms with Gasteiger partial charge in [-0.05, 0) is 61.9 Å². The Balaban J connectivity index is 1.67. The minimum Gasteiger partial charge on any atom is -0.493 e. The molecule has 0 saturated carbocycles. The Morgan fingerprint density at radius 3 is 2.76 bits per heavy atom. The summed E-state index contributed by atoms with van der Waals surface area (Å²) in [6, 6.07) is 10.0. The van der Waals surface area contributed by atoms with Crippen molar-refractivity contribution in [3.63, 3.8) is 0 Å². The number of carbonyl (C=O) groups is 1. The molecule has 0 aliphatic carbocycles. The topological polar surface area (TPSA) is 54.6 Å². The zero-order chi connectivity index (χ0) is 17.6. The van der Waals surface area contributed by atoms with E-state index in [1.54, 1.807) is 20.4 Å². The molecule has 5 nitrogen and oxygen atoms in total. The van der Waals surface area contributed by atoms with Crippen molar-refractivity contribution in [1.82, 2.24) is 9.88 Å². The second kappa shape index (κ2) is 8.10. The Hall–Kier alpha value is -2.43. The number of aryl methyl sites for hydroxylation is 1. The van der Waals surface area contributed by atoms with E-state index in [-0.39, 0.29) is 11.9 Å². The lowest BCUT2D eigenvalue weighted by atomic mass is 9.95. The highest BCUT2D eigenvalue weighted by atomic mass is 16.5. The first-order valence-electron chi connectivity index (χ1n) is 8.88. The van der Waals surface area contributed by atoms with Gasteiger partial charge in [0.2, 0.25) is 0 Å². The number of hydrogen-bond acceptors (Lipinski definition) is 3. The predicted octanol–water partition coefficient (Wildman–Crippen LogP) is 3.66. The van der Waals surface area contributed by atoms with Crippen LogP contribution in [0.4, 0.5) is 0 Å². The fraction of sp³-hybridized carbons (Fsp3) is 0.450. The first-order chi connectivity index (χ1) is 12.2. The Morgan fingerprint density at radius 1 is 1.20 bits per heavy atom. The van der Waals surface area contributed by atoms with Crippen molar-refractivity contribution in [2.45, 2.75) is 38.1 Å². The molecule has 1 atom stereocenters. The molecule has 2 aromatic rings. The van der Waals surface area contributed by atoms with Gasteiger partial charge in [0.25, 0.3) is 5.91 Å². The molecule has 1 amide bonds. The molecule has 25 heavy (non-hydrogen) atoms. The van der Waals surface area contributed by atoms with Crippen LogP contribution in [-0.2, 0) is 6.42 Å².